The van der Waals surface area contributed by atoms with Crippen molar-refractivity contribution in [1.29, 1.82) is 0 Å². The Morgan fingerprint density at radius 2 is 1.76 bits per heavy atom. The summed E-state index contributed by atoms with van der Waals surface area (Å²) in [4.78, 5) is 15.5. The van der Waals surface area contributed by atoms with E-state index < -0.39 is 0 Å². The van der Waals surface area contributed by atoms with Crippen molar-refractivity contribution in [2.45, 2.75) is 18.7 Å². The molecule has 0 bridgehead atoms. The molecule has 110 valence electrons. The lowest BCUT2D eigenvalue weighted by Crippen LogP contribution is -2.26. The monoisotopic (exact) mass is 299 g/mol. The summed E-state index contributed by atoms with van der Waals surface area (Å²) >= 11 is 1.68. The summed E-state index contributed by atoms with van der Waals surface area (Å²) in [5, 5.41) is 0. The minimum absolute atomic E-state index is 0.144. The third-order valence-electron chi connectivity index (χ3n) is 3.56. The van der Waals surface area contributed by atoms with E-state index in [1.54, 1.807) is 11.8 Å². The highest BCUT2D eigenvalue weighted by atomic mass is 32.2. The summed E-state index contributed by atoms with van der Waals surface area (Å²) in [5.41, 5.74) is 4.31. The van der Waals surface area contributed by atoms with Gasteiger partial charge in [0.05, 0.1) is 6.54 Å². The standard InChI is InChI=1S/C18H21NOS/c1-13-5-10-17(14(2)11-13)19(3)12-18(20)15-6-8-16(21-4)9-7-15/h5-11H,12H2,1-4H3. The Labute approximate surface area is 131 Å². The summed E-state index contributed by atoms with van der Waals surface area (Å²) in [6, 6.07) is 14.1. The number of thioether (sulfide) groups is 1. The Bertz CT molecular complexity index is 634. The molecule has 0 N–H and O–H groups in total. The lowest BCUT2D eigenvalue weighted by Gasteiger charge is -2.21. The van der Waals surface area contributed by atoms with Crippen LogP contribution in [0.15, 0.2) is 47.4 Å². The van der Waals surface area contributed by atoms with Crippen LogP contribution in [0.3, 0.4) is 0 Å². The molecule has 0 unspecified atom stereocenters. The van der Waals surface area contributed by atoms with Gasteiger partial charge in [0.15, 0.2) is 5.78 Å². The fourth-order valence-electron chi connectivity index (χ4n) is 2.40. The first-order chi connectivity index (χ1) is 10.0. The molecule has 21 heavy (non-hydrogen) atoms. The molecule has 0 aliphatic heterocycles. The van der Waals surface area contributed by atoms with Crippen LogP contribution in [0.5, 0.6) is 0 Å². The molecule has 0 amide bonds. The number of aryl methyl sites for hydroxylation is 2. The van der Waals surface area contributed by atoms with E-state index in [1.165, 1.54) is 16.0 Å². The fourth-order valence-corrected chi connectivity index (χ4v) is 2.81. The zero-order chi connectivity index (χ0) is 15.4. The molecule has 0 radical (unpaired) electrons. The number of anilines is 1. The lowest BCUT2D eigenvalue weighted by atomic mass is 10.1. The number of rotatable bonds is 5. The van der Waals surface area contributed by atoms with Gasteiger partial charge in [-0.15, -0.1) is 11.8 Å². The molecule has 2 aromatic rings. The summed E-state index contributed by atoms with van der Waals surface area (Å²) in [6.45, 7) is 4.55. The number of Topliss-reactive ketones (excluding diaryl/α,β-unsaturated/α-hetero) is 1. The number of hydrogen-bond donors (Lipinski definition) is 0. The van der Waals surface area contributed by atoms with Gasteiger partial charge in [-0.2, -0.15) is 0 Å². The van der Waals surface area contributed by atoms with Crippen LogP contribution in [0, 0.1) is 13.8 Å². The first-order valence-electron chi connectivity index (χ1n) is 6.97. The van der Waals surface area contributed by atoms with Gasteiger partial charge in [0.1, 0.15) is 0 Å². The van der Waals surface area contributed by atoms with Crippen LogP contribution < -0.4 is 4.90 Å². The highest BCUT2D eigenvalue weighted by Gasteiger charge is 2.11. The molecule has 2 nitrogen and oxygen atoms in total. The highest BCUT2D eigenvalue weighted by molar-refractivity contribution is 7.98. The smallest absolute Gasteiger partial charge is 0.182 e. The topological polar surface area (TPSA) is 20.3 Å². The normalized spacial score (nSPS) is 10.5. The van der Waals surface area contributed by atoms with E-state index in [-0.39, 0.29) is 5.78 Å². The Balaban J connectivity index is 2.10. The zero-order valence-corrected chi connectivity index (χ0v) is 13.8. The number of carbonyl (C=O) groups excluding carboxylic acids is 1. The molecule has 3 heteroatoms. The van der Waals surface area contributed by atoms with Gasteiger partial charge >= 0.3 is 0 Å². The van der Waals surface area contributed by atoms with Gasteiger partial charge in [-0.05, 0) is 43.9 Å². The molecule has 0 saturated carbocycles. The Morgan fingerprint density at radius 1 is 1.10 bits per heavy atom. The van der Waals surface area contributed by atoms with Gasteiger partial charge in [0.2, 0.25) is 0 Å². The largest absolute Gasteiger partial charge is 0.367 e. The second kappa shape index (κ2) is 6.81. The molecule has 0 fully saturated rings. The fraction of sp³-hybridized carbons (Fsp3) is 0.278. The van der Waals surface area contributed by atoms with Gasteiger partial charge in [0.25, 0.3) is 0 Å². The van der Waals surface area contributed by atoms with Crippen LogP contribution in [0.1, 0.15) is 21.5 Å². The third-order valence-corrected chi connectivity index (χ3v) is 4.30. The quantitative estimate of drug-likeness (QED) is 0.605. The van der Waals surface area contributed by atoms with Crippen molar-refractivity contribution < 1.29 is 4.79 Å². The van der Waals surface area contributed by atoms with Crippen LogP contribution >= 0.6 is 11.8 Å². The molecule has 0 aliphatic carbocycles. The predicted octanol–water partition coefficient (Wildman–Crippen LogP) is 4.34. The maximum atomic E-state index is 12.4. The summed E-state index contributed by atoms with van der Waals surface area (Å²) in [7, 11) is 1.96. The maximum absolute atomic E-state index is 12.4. The van der Waals surface area contributed by atoms with Gasteiger partial charge < -0.3 is 4.90 Å². The van der Waals surface area contributed by atoms with Gasteiger partial charge in [-0.3, -0.25) is 4.79 Å². The van der Waals surface area contributed by atoms with Gasteiger partial charge in [-0.1, -0.05) is 29.8 Å². The molecule has 2 aromatic carbocycles. The minimum atomic E-state index is 0.144. The average Bonchev–Trinajstić information content (AvgIpc) is 2.47. The third kappa shape index (κ3) is 3.88. The van der Waals surface area contributed by atoms with E-state index in [2.05, 4.69) is 32.0 Å². The van der Waals surface area contributed by atoms with Crippen molar-refractivity contribution in [3.05, 3.63) is 59.2 Å². The first kappa shape index (κ1) is 15.6. The second-order valence-corrected chi connectivity index (χ2v) is 6.18. The number of likely N-dealkylation sites (N-methyl/N-ethyl adjacent to an activating group) is 1. The molecule has 0 aromatic heterocycles. The number of hydrogen-bond acceptors (Lipinski definition) is 3. The van der Waals surface area contributed by atoms with Crippen molar-refractivity contribution in [2.75, 3.05) is 24.7 Å². The molecule has 0 aliphatic rings. The highest BCUT2D eigenvalue weighted by Crippen LogP contribution is 2.21. The van der Waals surface area contributed by atoms with Gasteiger partial charge in [-0.25, -0.2) is 0 Å². The average molecular weight is 299 g/mol. The first-order valence-corrected chi connectivity index (χ1v) is 8.19. The van der Waals surface area contributed by atoms with E-state index in [9.17, 15) is 4.79 Å². The van der Waals surface area contributed by atoms with E-state index >= 15 is 0 Å². The minimum Gasteiger partial charge on any atom is -0.367 e. The molecule has 0 heterocycles. The SMILES string of the molecule is CSc1ccc(C(=O)CN(C)c2ccc(C)cc2C)cc1. The van der Waals surface area contributed by atoms with Crippen molar-refractivity contribution >= 4 is 23.2 Å². The number of ketones is 1. The van der Waals surface area contributed by atoms with Crippen molar-refractivity contribution in [2.24, 2.45) is 0 Å². The van der Waals surface area contributed by atoms with E-state index in [4.69, 9.17) is 0 Å². The summed E-state index contributed by atoms with van der Waals surface area (Å²) in [5.74, 6) is 0.144. The van der Waals surface area contributed by atoms with E-state index in [1.807, 2.05) is 42.5 Å². The zero-order valence-electron chi connectivity index (χ0n) is 13.0. The van der Waals surface area contributed by atoms with Crippen molar-refractivity contribution in [3.63, 3.8) is 0 Å². The Kier molecular flexibility index (Phi) is 5.07. The number of nitrogens with zero attached hydrogens (tertiary/aromatic N) is 1. The molecule has 0 saturated heterocycles. The van der Waals surface area contributed by atoms with E-state index in [0.29, 0.717) is 6.54 Å². The molecular formula is C18H21NOS. The van der Waals surface area contributed by atoms with Crippen molar-refractivity contribution in [1.82, 2.24) is 0 Å². The number of benzene rings is 2. The second-order valence-electron chi connectivity index (χ2n) is 5.30. The number of carbonyl (C=O) groups is 1. The Hall–Kier alpha value is -1.74. The molecule has 0 atom stereocenters. The Morgan fingerprint density at radius 3 is 2.33 bits per heavy atom. The van der Waals surface area contributed by atoms with Gasteiger partial charge in [0, 0.05) is 23.2 Å². The lowest BCUT2D eigenvalue weighted by molar-refractivity contribution is 0.100. The van der Waals surface area contributed by atoms with Crippen LogP contribution in [0.25, 0.3) is 0 Å². The van der Waals surface area contributed by atoms with E-state index in [0.717, 1.165) is 11.3 Å². The summed E-state index contributed by atoms with van der Waals surface area (Å²) < 4.78 is 0. The van der Waals surface area contributed by atoms with Crippen LogP contribution in [-0.2, 0) is 0 Å². The molecular weight excluding hydrogens is 278 g/mol. The summed E-state index contributed by atoms with van der Waals surface area (Å²) in [6.07, 6.45) is 2.03. The predicted molar refractivity (Wildman–Crippen MR) is 91.7 cm³/mol. The van der Waals surface area contributed by atoms with Crippen LogP contribution in [-0.4, -0.2) is 25.6 Å². The van der Waals surface area contributed by atoms with Crippen molar-refractivity contribution in [3.8, 4) is 0 Å². The van der Waals surface area contributed by atoms with Crippen LogP contribution in [0.4, 0.5) is 5.69 Å². The maximum Gasteiger partial charge on any atom is 0.182 e. The van der Waals surface area contributed by atoms with Crippen LogP contribution in [0.2, 0.25) is 0 Å². The molecule has 0 spiro atoms. The molecule has 2 rings (SSSR count).